The quantitative estimate of drug-likeness (QED) is 0.527. The van der Waals surface area contributed by atoms with Gasteiger partial charge in [0.25, 0.3) is 11.2 Å². The standard InChI is InChI=1S/C17H13F3N4O3/c1-9(10-6-11(17(18,19)20)8-12(7-10)24(26)27)21-15-13-4-2-3-5-14(13)16(25)23-22-15/h2-9H,1H3,(H,21,22)(H,23,25). The monoisotopic (exact) mass is 378 g/mol. The predicted octanol–water partition coefficient (Wildman–Crippen LogP) is 4.02. The van der Waals surface area contributed by atoms with Gasteiger partial charge in [-0.25, -0.2) is 5.10 Å². The largest absolute Gasteiger partial charge is 0.416 e. The number of hydrogen-bond donors (Lipinski definition) is 2. The normalized spacial score (nSPS) is 12.7. The van der Waals surface area contributed by atoms with E-state index in [1.807, 2.05) is 0 Å². The third kappa shape index (κ3) is 3.73. The van der Waals surface area contributed by atoms with Crippen LogP contribution < -0.4 is 10.9 Å². The number of alkyl halides is 3. The van der Waals surface area contributed by atoms with Crippen LogP contribution in [0.2, 0.25) is 0 Å². The molecule has 3 rings (SSSR count). The Hall–Kier alpha value is -3.43. The molecule has 0 saturated carbocycles. The summed E-state index contributed by atoms with van der Waals surface area (Å²) in [4.78, 5) is 21.9. The molecule has 27 heavy (non-hydrogen) atoms. The Bertz CT molecular complexity index is 1080. The van der Waals surface area contributed by atoms with Crippen molar-refractivity contribution < 1.29 is 18.1 Å². The van der Waals surface area contributed by atoms with Gasteiger partial charge in [0.1, 0.15) is 0 Å². The molecule has 1 atom stereocenters. The van der Waals surface area contributed by atoms with Gasteiger partial charge in [-0.1, -0.05) is 18.2 Å². The molecule has 2 N–H and O–H groups in total. The number of anilines is 1. The van der Waals surface area contributed by atoms with Gasteiger partial charge in [-0.15, -0.1) is 0 Å². The average molecular weight is 378 g/mol. The summed E-state index contributed by atoms with van der Waals surface area (Å²) >= 11 is 0. The van der Waals surface area contributed by atoms with Crippen molar-refractivity contribution >= 4 is 22.3 Å². The van der Waals surface area contributed by atoms with Crippen molar-refractivity contribution in [1.29, 1.82) is 0 Å². The Morgan fingerprint density at radius 3 is 2.48 bits per heavy atom. The van der Waals surface area contributed by atoms with E-state index in [0.29, 0.717) is 16.8 Å². The van der Waals surface area contributed by atoms with Crippen molar-refractivity contribution in [3.63, 3.8) is 0 Å². The van der Waals surface area contributed by atoms with E-state index in [4.69, 9.17) is 0 Å². The van der Waals surface area contributed by atoms with Gasteiger partial charge in [0, 0.05) is 17.5 Å². The molecule has 0 saturated heterocycles. The fourth-order valence-electron chi connectivity index (χ4n) is 2.67. The number of rotatable bonds is 4. The summed E-state index contributed by atoms with van der Waals surface area (Å²) in [5.41, 5.74) is -2.11. The molecule has 7 nitrogen and oxygen atoms in total. The summed E-state index contributed by atoms with van der Waals surface area (Å²) in [5, 5.41) is 20.9. The zero-order valence-corrected chi connectivity index (χ0v) is 13.9. The Morgan fingerprint density at radius 1 is 1.19 bits per heavy atom. The number of H-pyrrole nitrogens is 1. The molecule has 1 unspecified atom stereocenters. The minimum Gasteiger partial charge on any atom is -0.362 e. The molecule has 0 aliphatic rings. The molecule has 0 amide bonds. The van der Waals surface area contributed by atoms with E-state index in [-0.39, 0.29) is 11.4 Å². The SMILES string of the molecule is CC(Nc1n[nH]c(=O)c2ccccc12)c1cc([N+](=O)[O-])cc(C(F)(F)F)c1. The molecule has 140 valence electrons. The fourth-order valence-corrected chi connectivity index (χ4v) is 2.67. The van der Waals surface area contributed by atoms with Crippen LogP contribution in [-0.2, 0) is 6.18 Å². The van der Waals surface area contributed by atoms with E-state index in [1.165, 1.54) is 0 Å². The van der Waals surface area contributed by atoms with Crippen LogP contribution in [0.25, 0.3) is 10.8 Å². The number of fused-ring (bicyclic) bond motifs is 1. The third-order valence-corrected chi connectivity index (χ3v) is 4.03. The average Bonchev–Trinajstić information content (AvgIpc) is 2.63. The molecule has 0 fully saturated rings. The number of hydrogen-bond acceptors (Lipinski definition) is 5. The van der Waals surface area contributed by atoms with Crippen molar-refractivity contribution in [3.05, 3.63) is 74.1 Å². The van der Waals surface area contributed by atoms with Crippen molar-refractivity contribution in [1.82, 2.24) is 10.2 Å². The van der Waals surface area contributed by atoms with Crippen LogP contribution in [0.4, 0.5) is 24.7 Å². The summed E-state index contributed by atoms with van der Waals surface area (Å²) in [6.07, 6.45) is -4.72. The van der Waals surface area contributed by atoms with E-state index in [2.05, 4.69) is 15.5 Å². The second-order valence-electron chi connectivity index (χ2n) is 5.88. The zero-order chi connectivity index (χ0) is 19.8. The smallest absolute Gasteiger partial charge is 0.362 e. The first-order chi connectivity index (χ1) is 12.7. The molecule has 2 aromatic carbocycles. The number of aromatic nitrogens is 2. The molecule has 0 aliphatic carbocycles. The number of halogens is 3. The van der Waals surface area contributed by atoms with Crippen LogP contribution in [0.1, 0.15) is 24.1 Å². The first kappa shape index (κ1) is 18.4. The topological polar surface area (TPSA) is 101 Å². The highest BCUT2D eigenvalue weighted by molar-refractivity contribution is 5.90. The minimum atomic E-state index is -4.72. The Labute approximate surface area is 150 Å². The first-order valence-corrected chi connectivity index (χ1v) is 7.77. The summed E-state index contributed by atoms with van der Waals surface area (Å²) < 4.78 is 39.2. The summed E-state index contributed by atoms with van der Waals surface area (Å²) in [6, 6.07) is 8.24. The number of non-ortho nitro benzene ring substituents is 1. The number of nitro groups is 1. The highest BCUT2D eigenvalue weighted by atomic mass is 19.4. The maximum absolute atomic E-state index is 13.1. The summed E-state index contributed by atoms with van der Waals surface area (Å²) in [6.45, 7) is 1.54. The van der Waals surface area contributed by atoms with Gasteiger partial charge < -0.3 is 5.32 Å². The van der Waals surface area contributed by atoms with Crippen LogP contribution in [-0.4, -0.2) is 15.1 Å². The lowest BCUT2D eigenvalue weighted by Crippen LogP contribution is -2.15. The van der Waals surface area contributed by atoms with Crippen molar-refractivity contribution in [2.75, 3.05) is 5.32 Å². The van der Waals surface area contributed by atoms with Crippen LogP contribution in [0.3, 0.4) is 0 Å². The number of nitrogens with one attached hydrogen (secondary N) is 2. The Morgan fingerprint density at radius 2 is 1.85 bits per heavy atom. The molecular weight excluding hydrogens is 365 g/mol. The Balaban J connectivity index is 2.03. The molecule has 1 aromatic heterocycles. The summed E-state index contributed by atoms with van der Waals surface area (Å²) in [5.74, 6) is 0.248. The van der Waals surface area contributed by atoms with E-state index in [1.54, 1.807) is 31.2 Å². The molecule has 0 aliphatic heterocycles. The molecular formula is C17H13F3N4O3. The van der Waals surface area contributed by atoms with Gasteiger partial charge >= 0.3 is 6.18 Å². The van der Waals surface area contributed by atoms with Gasteiger partial charge in [0.2, 0.25) is 0 Å². The molecule has 0 radical (unpaired) electrons. The number of aromatic amines is 1. The second-order valence-corrected chi connectivity index (χ2v) is 5.88. The molecule has 0 spiro atoms. The van der Waals surface area contributed by atoms with Crippen LogP contribution in [0.5, 0.6) is 0 Å². The minimum absolute atomic E-state index is 0.0635. The first-order valence-electron chi connectivity index (χ1n) is 7.77. The maximum atomic E-state index is 13.1. The van der Waals surface area contributed by atoms with Gasteiger partial charge in [0.05, 0.1) is 21.9 Å². The van der Waals surface area contributed by atoms with Gasteiger partial charge in [-0.3, -0.25) is 14.9 Å². The number of benzene rings is 2. The molecule has 3 aromatic rings. The van der Waals surface area contributed by atoms with Gasteiger partial charge in [-0.05, 0) is 24.6 Å². The highest BCUT2D eigenvalue weighted by Crippen LogP contribution is 2.34. The van der Waals surface area contributed by atoms with E-state index >= 15 is 0 Å². The molecule has 0 bridgehead atoms. The predicted molar refractivity (Wildman–Crippen MR) is 92.5 cm³/mol. The highest BCUT2D eigenvalue weighted by Gasteiger charge is 2.33. The van der Waals surface area contributed by atoms with Crippen molar-refractivity contribution in [3.8, 4) is 0 Å². The lowest BCUT2D eigenvalue weighted by molar-refractivity contribution is -0.385. The van der Waals surface area contributed by atoms with Crippen molar-refractivity contribution in [2.45, 2.75) is 19.1 Å². The summed E-state index contributed by atoms with van der Waals surface area (Å²) in [7, 11) is 0. The van der Waals surface area contributed by atoms with Crippen LogP contribution in [0.15, 0.2) is 47.3 Å². The number of nitrogens with zero attached hydrogens (tertiary/aromatic N) is 2. The maximum Gasteiger partial charge on any atom is 0.416 e. The third-order valence-electron chi connectivity index (χ3n) is 4.03. The van der Waals surface area contributed by atoms with Gasteiger partial charge in [-0.2, -0.15) is 18.3 Å². The Kier molecular flexibility index (Phi) is 4.56. The number of nitro benzene ring substituents is 1. The van der Waals surface area contributed by atoms with E-state index in [0.717, 1.165) is 12.1 Å². The fraction of sp³-hybridized carbons (Fsp3) is 0.176. The lowest BCUT2D eigenvalue weighted by atomic mass is 10.0. The molecule has 10 heteroatoms. The van der Waals surface area contributed by atoms with E-state index < -0.39 is 34.0 Å². The van der Waals surface area contributed by atoms with Crippen molar-refractivity contribution in [2.24, 2.45) is 0 Å². The molecule has 1 heterocycles. The zero-order valence-electron chi connectivity index (χ0n) is 13.9. The van der Waals surface area contributed by atoms with Gasteiger partial charge in [0.15, 0.2) is 5.82 Å². The van der Waals surface area contributed by atoms with Crippen LogP contribution >= 0.6 is 0 Å². The lowest BCUT2D eigenvalue weighted by Gasteiger charge is -2.17. The van der Waals surface area contributed by atoms with Crippen LogP contribution in [0, 0.1) is 10.1 Å². The van der Waals surface area contributed by atoms with E-state index in [9.17, 15) is 28.1 Å². The second kappa shape index (κ2) is 6.71.